The number of amides is 2. The number of likely N-dealkylation sites (N-methyl/N-ethyl adjacent to an activating group) is 1. The van der Waals surface area contributed by atoms with Gasteiger partial charge in [-0.05, 0) is 31.8 Å². The summed E-state index contributed by atoms with van der Waals surface area (Å²) in [4.78, 5) is 30.5. The van der Waals surface area contributed by atoms with Crippen LogP contribution in [0.25, 0.3) is 0 Å². The summed E-state index contributed by atoms with van der Waals surface area (Å²) in [6, 6.07) is 0.424. The predicted molar refractivity (Wildman–Crippen MR) is 92.8 cm³/mol. The lowest BCUT2D eigenvalue weighted by Gasteiger charge is -2.22. The van der Waals surface area contributed by atoms with Crippen LogP contribution in [0, 0.1) is 5.92 Å². The van der Waals surface area contributed by atoms with Gasteiger partial charge in [-0.3, -0.25) is 14.5 Å². The summed E-state index contributed by atoms with van der Waals surface area (Å²) in [6.07, 6.45) is 2.77. The molecule has 1 aliphatic rings. The lowest BCUT2D eigenvalue weighted by Crippen LogP contribution is -2.40. The summed E-state index contributed by atoms with van der Waals surface area (Å²) < 4.78 is 0. The highest BCUT2D eigenvalue weighted by Crippen LogP contribution is 2.18. The molecule has 23 heavy (non-hydrogen) atoms. The third kappa shape index (κ3) is 5.28. The molecular formula is C16H26N4O2S. The maximum Gasteiger partial charge on any atom is 0.270 e. The zero-order chi connectivity index (χ0) is 16.8. The van der Waals surface area contributed by atoms with E-state index in [0.717, 1.165) is 19.5 Å². The molecule has 1 atom stereocenters. The molecule has 1 aromatic heterocycles. The number of carbonyl (C=O) groups is 2. The van der Waals surface area contributed by atoms with Crippen LogP contribution < -0.4 is 10.6 Å². The molecule has 2 amide bonds. The molecule has 1 saturated heterocycles. The Balaban J connectivity index is 1.82. The Morgan fingerprint density at radius 1 is 1.48 bits per heavy atom. The Morgan fingerprint density at radius 2 is 2.26 bits per heavy atom. The third-order valence-corrected chi connectivity index (χ3v) is 4.74. The van der Waals surface area contributed by atoms with Gasteiger partial charge in [-0.25, -0.2) is 4.98 Å². The van der Waals surface area contributed by atoms with Crippen LogP contribution in [-0.4, -0.2) is 47.4 Å². The first-order valence-corrected chi connectivity index (χ1v) is 9.15. The lowest BCUT2D eigenvalue weighted by molar-refractivity contribution is -0.116. The summed E-state index contributed by atoms with van der Waals surface area (Å²) in [5.41, 5.74) is 0.371. The van der Waals surface area contributed by atoms with Crippen molar-refractivity contribution in [3.8, 4) is 0 Å². The van der Waals surface area contributed by atoms with Gasteiger partial charge >= 0.3 is 0 Å². The number of nitrogens with one attached hydrogen (secondary N) is 2. The van der Waals surface area contributed by atoms with Gasteiger partial charge in [-0.15, -0.1) is 11.3 Å². The first-order valence-electron chi connectivity index (χ1n) is 8.27. The Bertz CT molecular complexity index is 544. The molecule has 0 aliphatic carbocycles. The summed E-state index contributed by atoms with van der Waals surface area (Å²) in [5, 5.41) is 7.87. The first kappa shape index (κ1) is 17.9. The van der Waals surface area contributed by atoms with Crippen molar-refractivity contribution in [1.82, 2.24) is 15.2 Å². The number of hydrogen-bond acceptors (Lipinski definition) is 5. The fourth-order valence-electron chi connectivity index (χ4n) is 2.82. The Hall–Kier alpha value is -1.47. The van der Waals surface area contributed by atoms with Gasteiger partial charge in [0.25, 0.3) is 5.91 Å². The minimum absolute atomic E-state index is 0.0640. The van der Waals surface area contributed by atoms with Gasteiger partial charge in [0.1, 0.15) is 5.69 Å². The quantitative estimate of drug-likeness (QED) is 0.800. The Labute approximate surface area is 141 Å². The van der Waals surface area contributed by atoms with Crippen LogP contribution in [0.4, 0.5) is 5.13 Å². The van der Waals surface area contributed by atoms with Crippen molar-refractivity contribution >= 4 is 28.3 Å². The molecule has 1 aromatic rings. The topological polar surface area (TPSA) is 74.3 Å². The predicted octanol–water partition coefficient (Wildman–Crippen LogP) is 2.34. The summed E-state index contributed by atoms with van der Waals surface area (Å²) >= 11 is 1.28. The van der Waals surface area contributed by atoms with E-state index in [2.05, 4.69) is 27.4 Å². The lowest BCUT2D eigenvalue weighted by atomic mass is 10.1. The summed E-state index contributed by atoms with van der Waals surface area (Å²) in [7, 11) is 0. The smallest absolute Gasteiger partial charge is 0.270 e. The minimum Gasteiger partial charge on any atom is -0.349 e. The van der Waals surface area contributed by atoms with Gasteiger partial charge in [0.05, 0.1) is 0 Å². The fraction of sp³-hybridized carbons (Fsp3) is 0.688. The van der Waals surface area contributed by atoms with E-state index in [1.165, 1.54) is 17.8 Å². The van der Waals surface area contributed by atoms with E-state index in [1.807, 2.05) is 13.8 Å². The fourth-order valence-corrected chi connectivity index (χ4v) is 3.53. The monoisotopic (exact) mass is 338 g/mol. The zero-order valence-corrected chi connectivity index (χ0v) is 14.9. The van der Waals surface area contributed by atoms with Crippen LogP contribution in [0.15, 0.2) is 5.38 Å². The van der Waals surface area contributed by atoms with E-state index in [0.29, 0.717) is 35.8 Å². The van der Waals surface area contributed by atoms with Gasteiger partial charge in [0.15, 0.2) is 5.13 Å². The van der Waals surface area contributed by atoms with E-state index >= 15 is 0 Å². The van der Waals surface area contributed by atoms with Crippen LogP contribution >= 0.6 is 11.3 Å². The molecule has 1 fully saturated rings. The van der Waals surface area contributed by atoms with Crippen molar-refractivity contribution in [1.29, 1.82) is 0 Å². The molecule has 2 N–H and O–H groups in total. The number of hydrogen-bond donors (Lipinski definition) is 2. The van der Waals surface area contributed by atoms with Crippen LogP contribution in [-0.2, 0) is 4.79 Å². The van der Waals surface area contributed by atoms with E-state index in [1.54, 1.807) is 5.38 Å². The Morgan fingerprint density at radius 3 is 2.96 bits per heavy atom. The molecular weight excluding hydrogens is 312 g/mol. The second-order valence-electron chi connectivity index (χ2n) is 6.32. The van der Waals surface area contributed by atoms with Crippen LogP contribution in [0.5, 0.6) is 0 Å². The van der Waals surface area contributed by atoms with Gasteiger partial charge in [0.2, 0.25) is 5.91 Å². The molecule has 1 unspecified atom stereocenters. The van der Waals surface area contributed by atoms with Crippen molar-refractivity contribution in [2.24, 2.45) is 5.92 Å². The third-order valence-electron chi connectivity index (χ3n) is 3.98. The second-order valence-corrected chi connectivity index (χ2v) is 7.18. The second kappa shape index (κ2) is 8.40. The van der Waals surface area contributed by atoms with Crippen molar-refractivity contribution in [3.05, 3.63) is 11.1 Å². The van der Waals surface area contributed by atoms with Crippen LogP contribution in [0.2, 0.25) is 0 Å². The van der Waals surface area contributed by atoms with Crippen LogP contribution in [0.1, 0.15) is 50.5 Å². The maximum absolute atomic E-state index is 12.2. The van der Waals surface area contributed by atoms with Gasteiger partial charge in [0, 0.05) is 24.4 Å². The average Bonchev–Trinajstić information content (AvgIpc) is 3.12. The van der Waals surface area contributed by atoms with Gasteiger partial charge in [-0.1, -0.05) is 20.8 Å². The van der Waals surface area contributed by atoms with E-state index in [9.17, 15) is 9.59 Å². The highest BCUT2D eigenvalue weighted by Gasteiger charge is 2.23. The number of nitrogens with zero attached hydrogens (tertiary/aromatic N) is 2. The van der Waals surface area contributed by atoms with Gasteiger partial charge < -0.3 is 10.6 Å². The Kier molecular flexibility index (Phi) is 6.53. The standard InChI is InChI=1S/C16H26N4O2S/c1-4-20-7-5-6-12(20)9-17-15(22)13-10-23-16(18-13)19-14(21)8-11(2)3/h10-12H,4-9H2,1-3H3,(H,17,22)(H,18,19,21). The molecule has 0 aromatic carbocycles. The van der Waals surface area contributed by atoms with E-state index in [4.69, 9.17) is 0 Å². The average molecular weight is 338 g/mol. The minimum atomic E-state index is -0.173. The first-order chi connectivity index (χ1) is 11.0. The number of carbonyl (C=O) groups excluding carboxylic acids is 2. The van der Waals surface area contributed by atoms with E-state index < -0.39 is 0 Å². The highest BCUT2D eigenvalue weighted by molar-refractivity contribution is 7.14. The van der Waals surface area contributed by atoms with Crippen molar-refractivity contribution < 1.29 is 9.59 Å². The molecule has 7 heteroatoms. The maximum atomic E-state index is 12.2. The number of likely N-dealkylation sites (tertiary alicyclic amines) is 1. The van der Waals surface area contributed by atoms with Crippen LogP contribution in [0.3, 0.4) is 0 Å². The van der Waals surface area contributed by atoms with Crippen molar-refractivity contribution in [2.75, 3.05) is 25.0 Å². The van der Waals surface area contributed by atoms with Crippen molar-refractivity contribution in [2.45, 2.75) is 46.1 Å². The molecule has 128 valence electrons. The highest BCUT2D eigenvalue weighted by atomic mass is 32.1. The molecule has 2 heterocycles. The number of thiazole rings is 1. The summed E-state index contributed by atoms with van der Waals surface area (Å²) in [5.74, 6) is 0.0602. The SMILES string of the molecule is CCN1CCCC1CNC(=O)c1csc(NC(=O)CC(C)C)n1. The molecule has 0 radical (unpaired) electrons. The normalized spacial score (nSPS) is 18.3. The number of aromatic nitrogens is 1. The van der Waals surface area contributed by atoms with E-state index in [-0.39, 0.29) is 11.8 Å². The molecule has 6 nitrogen and oxygen atoms in total. The number of anilines is 1. The molecule has 0 spiro atoms. The molecule has 1 aliphatic heterocycles. The molecule has 0 saturated carbocycles. The number of rotatable bonds is 7. The van der Waals surface area contributed by atoms with Gasteiger partial charge in [-0.2, -0.15) is 0 Å². The summed E-state index contributed by atoms with van der Waals surface area (Å²) in [6.45, 7) is 8.90. The largest absolute Gasteiger partial charge is 0.349 e. The zero-order valence-electron chi connectivity index (χ0n) is 14.1. The molecule has 2 rings (SSSR count). The molecule has 0 bridgehead atoms. The van der Waals surface area contributed by atoms with Crippen molar-refractivity contribution in [3.63, 3.8) is 0 Å².